The molecule has 1 N–H and O–H groups in total. The minimum Gasteiger partial charge on any atom is -0.490 e. The standard InChI is InChI=1S/C27H22BrFN2O5/c1-3-35-23-14-18(13-20(28)24(23)36-15-17-10-8-16(2)9-11-17)12-19-25(32)30-27(34)31(26(19)33)22-7-5-4-6-21(22)29/h4-14H,3,15H2,1-2H3,(H,30,32,34)/b19-12-. The SMILES string of the molecule is CCOc1cc(/C=C2/C(=O)NC(=O)N(c3ccccc3F)C2=O)cc(Br)c1OCc1ccc(C)cc1. The number of anilines is 1. The molecule has 4 amide bonds. The van der Waals surface area contributed by atoms with Crippen molar-refractivity contribution in [3.63, 3.8) is 0 Å². The van der Waals surface area contributed by atoms with E-state index >= 15 is 0 Å². The molecule has 1 aliphatic heterocycles. The van der Waals surface area contributed by atoms with E-state index in [9.17, 15) is 18.8 Å². The summed E-state index contributed by atoms with van der Waals surface area (Å²) in [7, 11) is 0. The lowest BCUT2D eigenvalue weighted by Crippen LogP contribution is -2.54. The molecule has 0 aliphatic carbocycles. The molecule has 36 heavy (non-hydrogen) atoms. The van der Waals surface area contributed by atoms with Gasteiger partial charge in [-0.2, -0.15) is 0 Å². The lowest BCUT2D eigenvalue weighted by molar-refractivity contribution is -0.122. The first-order chi connectivity index (χ1) is 17.3. The summed E-state index contributed by atoms with van der Waals surface area (Å²) in [4.78, 5) is 38.6. The first-order valence-corrected chi connectivity index (χ1v) is 11.9. The van der Waals surface area contributed by atoms with Crippen molar-refractivity contribution in [3.05, 3.63) is 93.2 Å². The topological polar surface area (TPSA) is 84.9 Å². The number of ether oxygens (including phenoxy) is 2. The zero-order chi connectivity index (χ0) is 25.8. The quantitative estimate of drug-likeness (QED) is 0.307. The van der Waals surface area contributed by atoms with Crippen LogP contribution in [0.5, 0.6) is 11.5 Å². The first-order valence-electron chi connectivity index (χ1n) is 11.1. The van der Waals surface area contributed by atoms with Crippen molar-refractivity contribution in [2.24, 2.45) is 0 Å². The number of nitrogens with zero attached hydrogens (tertiary/aromatic N) is 1. The number of para-hydroxylation sites is 1. The number of barbiturate groups is 1. The van der Waals surface area contributed by atoms with Crippen LogP contribution in [0.25, 0.3) is 6.08 Å². The van der Waals surface area contributed by atoms with Crippen molar-refractivity contribution in [2.75, 3.05) is 11.5 Å². The highest BCUT2D eigenvalue weighted by molar-refractivity contribution is 9.10. The molecule has 3 aromatic rings. The van der Waals surface area contributed by atoms with E-state index in [2.05, 4.69) is 21.2 Å². The number of halogens is 2. The highest BCUT2D eigenvalue weighted by Crippen LogP contribution is 2.38. The Labute approximate surface area is 215 Å². The Morgan fingerprint density at radius 3 is 2.44 bits per heavy atom. The van der Waals surface area contributed by atoms with Gasteiger partial charge in [-0.05, 0) is 71.2 Å². The molecule has 0 unspecified atom stereocenters. The third-order valence-electron chi connectivity index (χ3n) is 5.34. The van der Waals surface area contributed by atoms with E-state index in [0.29, 0.717) is 39.6 Å². The summed E-state index contributed by atoms with van der Waals surface area (Å²) in [6.07, 6.45) is 1.31. The maximum absolute atomic E-state index is 14.3. The number of amides is 4. The third-order valence-corrected chi connectivity index (χ3v) is 5.93. The molecule has 0 atom stereocenters. The normalized spacial score (nSPS) is 14.7. The van der Waals surface area contributed by atoms with Crippen LogP contribution >= 0.6 is 15.9 Å². The summed E-state index contributed by atoms with van der Waals surface area (Å²) in [6.45, 7) is 4.48. The Kier molecular flexibility index (Phi) is 7.49. The second kappa shape index (κ2) is 10.7. The predicted molar refractivity (Wildman–Crippen MR) is 136 cm³/mol. The fourth-order valence-corrected chi connectivity index (χ4v) is 4.16. The molecule has 7 nitrogen and oxygen atoms in total. The van der Waals surface area contributed by atoms with Crippen LogP contribution in [0.1, 0.15) is 23.6 Å². The molecule has 1 saturated heterocycles. The average Bonchev–Trinajstić information content (AvgIpc) is 2.83. The first kappa shape index (κ1) is 25.1. The van der Waals surface area contributed by atoms with Gasteiger partial charge in [-0.25, -0.2) is 14.1 Å². The number of nitrogens with one attached hydrogen (secondary N) is 1. The van der Waals surface area contributed by atoms with Gasteiger partial charge in [0.05, 0.1) is 16.8 Å². The minimum absolute atomic E-state index is 0.255. The Morgan fingerprint density at radius 2 is 1.75 bits per heavy atom. The van der Waals surface area contributed by atoms with Crippen molar-refractivity contribution in [3.8, 4) is 11.5 Å². The number of carbonyl (C=O) groups is 3. The van der Waals surface area contributed by atoms with Gasteiger partial charge in [0.2, 0.25) is 0 Å². The number of aryl methyl sites for hydroxylation is 1. The van der Waals surface area contributed by atoms with E-state index in [4.69, 9.17) is 9.47 Å². The molecule has 0 aromatic heterocycles. The van der Waals surface area contributed by atoms with Crippen LogP contribution < -0.4 is 19.7 Å². The van der Waals surface area contributed by atoms with Crippen molar-refractivity contribution in [2.45, 2.75) is 20.5 Å². The number of hydrogen-bond acceptors (Lipinski definition) is 5. The van der Waals surface area contributed by atoms with Gasteiger partial charge in [-0.15, -0.1) is 0 Å². The number of rotatable bonds is 7. The van der Waals surface area contributed by atoms with Crippen LogP contribution in [0.3, 0.4) is 0 Å². The molecule has 0 spiro atoms. The van der Waals surface area contributed by atoms with Crippen molar-refractivity contribution < 1.29 is 28.2 Å². The Hall–Kier alpha value is -3.98. The van der Waals surface area contributed by atoms with Crippen molar-refractivity contribution in [1.82, 2.24) is 5.32 Å². The maximum Gasteiger partial charge on any atom is 0.336 e. The molecule has 0 radical (unpaired) electrons. The molecule has 0 bridgehead atoms. The van der Waals surface area contributed by atoms with Crippen LogP contribution in [0, 0.1) is 12.7 Å². The summed E-state index contributed by atoms with van der Waals surface area (Å²) in [5.74, 6) is -1.74. The predicted octanol–water partition coefficient (Wildman–Crippen LogP) is 5.54. The number of benzene rings is 3. The number of hydrogen-bond donors (Lipinski definition) is 1. The van der Waals surface area contributed by atoms with Crippen LogP contribution in [0.4, 0.5) is 14.9 Å². The molecular weight excluding hydrogens is 531 g/mol. The van der Waals surface area contributed by atoms with E-state index in [1.165, 1.54) is 24.3 Å². The zero-order valence-corrected chi connectivity index (χ0v) is 21.1. The Balaban J connectivity index is 1.66. The van der Waals surface area contributed by atoms with Crippen molar-refractivity contribution >= 4 is 45.5 Å². The molecule has 4 rings (SSSR count). The fraction of sp³-hybridized carbons (Fsp3) is 0.148. The van der Waals surface area contributed by atoms with E-state index in [1.807, 2.05) is 38.1 Å². The molecule has 9 heteroatoms. The zero-order valence-electron chi connectivity index (χ0n) is 19.5. The van der Waals surface area contributed by atoms with Gasteiger partial charge in [0.1, 0.15) is 18.0 Å². The van der Waals surface area contributed by atoms with E-state index in [-0.39, 0.29) is 11.3 Å². The highest BCUT2D eigenvalue weighted by atomic mass is 79.9. The largest absolute Gasteiger partial charge is 0.490 e. The van der Waals surface area contributed by atoms with Gasteiger partial charge in [0, 0.05) is 0 Å². The minimum atomic E-state index is -1.02. The molecule has 0 saturated carbocycles. The summed E-state index contributed by atoms with van der Waals surface area (Å²) in [5.41, 5.74) is 1.97. The number of carbonyl (C=O) groups excluding carboxylic acids is 3. The van der Waals surface area contributed by atoms with E-state index in [1.54, 1.807) is 12.1 Å². The second-order valence-electron chi connectivity index (χ2n) is 7.95. The average molecular weight is 553 g/mol. The summed E-state index contributed by atoms with van der Waals surface area (Å²) < 4.78 is 26.6. The Bertz CT molecular complexity index is 1370. The lowest BCUT2D eigenvalue weighted by Gasteiger charge is -2.26. The number of imide groups is 2. The molecule has 184 valence electrons. The van der Waals surface area contributed by atoms with Gasteiger partial charge in [-0.3, -0.25) is 14.9 Å². The molecule has 1 aliphatic rings. The van der Waals surface area contributed by atoms with Gasteiger partial charge in [-0.1, -0.05) is 42.0 Å². The molecule has 1 fully saturated rings. The third kappa shape index (κ3) is 5.31. The molecule has 3 aromatic carbocycles. The molecule has 1 heterocycles. The number of urea groups is 1. The van der Waals surface area contributed by atoms with Gasteiger partial charge < -0.3 is 9.47 Å². The fourth-order valence-electron chi connectivity index (χ4n) is 3.59. The monoisotopic (exact) mass is 552 g/mol. The van der Waals surface area contributed by atoms with Gasteiger partial charge in [0.25, 0.3) is 11.8 Å². The highest BCUT2D eigenvalue weighted by Gasteiger charge is 2.38. The summed E-state index contributed by atoms with van der Waals surface area (Å²) in [5, 5.41) is 2.09. The van der Waals surface area contributed by atoms with Crippen LogP contribution in [-0.4, -0.2) is 24.5 Å². The van der Waals surface area contributed by atoms with Gasteiger partial charge >= 0.3 is 6.03 Å². The van der Waals surface area contributed by atoms with Gasteiger partial charge in [0.15, 0.2) is 11.5 Å². The van der Waals surface area contributed by atoms with Crippen LogP contribution in [-0.2, 0) is 16.2 Å². The van der Waals surface area contributed by atoms with Crippen LogP contribution in [0.2, 0.25) is 0 Å². The smallest absolute Gasteiger partial charge is 0.336 e. The van der Waals surface area contributed by atoms with Crippen LogP contribution in [0.15, 0.2) is 70.7 Å². The van der Waals surface area contributed by atoms with Crippen molar-refractivity contribution in [1.29, 1.82) is 0 Å². The lowest BCUT2D eigenvalue weighted by atomic mass is 10.1. The molecular formula is C27H22BrFN2O5. The van der Waals surface area contributed by atoms with E-state index < -0.39 is 23.7 Å². The van der Waals surface area contributed by atoms with E-state index in [0.717, 1.165) is 17.2 Å². The maximum atomic E-state index is 14.3. The Morgan fingerprint density at radius 1 is 1.03 bits per heavy atom. The summed E-state index contributed by atoms with van der Waals surface area (Å²) in [6, 6.07) is 15.5. The second-order valence-corrected chi connectivity index (χ2v) is 8.80. The summed E-state index contributed by atoms with van der Waals surface area (Å²) >= 11 is 3.48.